The smallest absolute Gasteiger partial charge is 0.372 e. The van der Waals surface area contributed by atoms with E-state index in [0.717, 1.165) is 71.1 Å². The van der Waals surface area contributed by atoms with Crippen LogP contribution in [0.4, 0.5) is 4.39 Å². The zero-order valence-corrected chi connectivity index (χ0v) is 45.1. The van der Waals surface area contributed by atoms with Crippen molar-refractivity contribution in [2.75, 3.05) is 60.7 Å². The number of primary amides is 2. The molecule has 23 heteroatoms. The predicted octanol–water partition coefficient (Wildman–Crippen LogP) is 0.504. The average molecular weight is 1190 g/mol. The first kappa shape index (κ1) is 60.9. The van der Waals surface area contributed by atoms with E-state index < -0.39 is 29.7 Å². The van der Waals surface area contributed by atoms with E-state index in [0.29, 0.717) is 71.3 Å². The summed E-state index contributed by atoms with van der Waals surface area (Å²) < 4.78 is 28.6. The van der Waals surface area contributed by atoms with Crippen LogP contribution in [-0.4, -0.2) is 149 Å². The molecule has 1 aliphatic heterocycles. The van der Waals surface area contributed by atoms with Crippen LogP contribution < -0.4 is 43.6 Å². The van der Waals surface area contributed by atoms with E-state index >= 15 is 4.39 Å². The number of halogens is 1. The first-order chi connectivity index (χ1) is 33.9. The maximum absolute atomic E-state index is 15.1. The van der Waals surface area contributed by atoms with Crippen LogP contribution in [0.3, 0.4) is 0 Å². The van der Waals surface area contributed by atoms with Crippen molar-refractivity contribution < 1.29 is 52.2 Å². The number of nitrogens with two attached hydrogens (primary N) is 2. The van der Waals surface area contributed by atoms with E-state index in [-0.39, 0.29) is 75.7 Å². The van der Waals surface area contributed by atoms with Gasteiger partial charge in [0.05, 0.1) is 49.7 Å². The zero-order valence-electron chi connectivity index (χ0n) is 41.2. The van der Waals surface area contributed by atoms with Crippen LogP contribution in [0.5, 0.6) is 0 Å². The van der Waals surface area contributed by atoms with E-state index in [9.17, 15) is 38.4 Å². The molecule has 9 N–H and O–H groups in total. The number of benzene rings is 1. The molecule has 0 spiro atoms. The summed E-state index contributed by atoms with van der Waals surface area (Å²) in [4.78, 5) is 109. The summed E-state index contributed by atoms with van der Waals surface area (Å²) in [6.07, 6.45) is 7.28. The van der Waals surface area contributed by atoms with Gasteiger partial charge < -0.3 is 46.4 Å². The summed E-state index contributed by atoms with van der Waals surface area (Å²) in [6.45, 7) is 9.87. The minimum atomic E-state index is -0.664. The van der Waals surface area contributed by atoms with Gasteiger partial charge in [-0.1, -0.05) is 20.4 Å². The molecule has 6 amide bonds. The molecule has 0 saturated heterocycles. The maximum atomic E-state index is 15.1. The van der Waals surface area contributed by atoms with Gasteiger partial charge in [-0.25, -0.2) is 9.37 Å². The van der Waals surface area contributed by atoms with Crippen molar-refractivity contribution in [2.45, 2.75) is 82.0 Å². The molecule has 2 aromatic heterocycles. The Morgan fingerprint density at radius 2 is 1.73 bits per heavy atom. The summed E-state index contributed by atoms with van der Waals surface area (Å²) in [6, 6.07) is 2.82. The monoisotopic (exact) mass is 1190 g/mol. The number of ether oxygens (including phenoxy) is 2. The van der Waals surface area contributed by atoms with Crippen molar-refractivity contribution in [1.82, 2.24) is 41.0 Å². The summed E-state index contributed by atoms with van der Waals surface area (Å²) in [7, 11) is 5.05. The van der Waals surface area contributed by atoms with Crippen LogP contribution >= 0.6 is 0 Å². The fourth-order valence-electron chi connectivity index (χ4n) is 7.44. The summed E-state index contributed by atoms with van der Waals surface area (Å²) in [5, 5.41) is 14.1. The Morgan fingerprint density at radius 1 is 1.06 bits per heavy atom. The molecule has 1 aliphatic carbocycles. The normalized spacial score (nSPS) is 13.0. The average Bonchev–Trinajstić information content (AvgIpc) is 3.72. The Labute approximate surface area is 428 Å². The third-order valence-electron chi connectivity index (χ3n) is 11.1. The Kier molecular flexibility index (Phi) is 27.3. The third kappa shape index (κ3) is 18.1. The number of allylic oxidation sites excluding steroid dienone is 2. The van der Waals surface area contributed by atoms with E-state index in [4.69, 9.17) is 25.0 Å². The van der Waals surface area contributed by atoms with Gasteiger partial charge in [0, 0.05) is 48.4 Å². The second-order valence-electron chi connectivity index (χ2n) is 16.0. The van der Waals surface area contributed by atoms with Gasteiger partial charge in [0.2, 0.25) is 24.1 Å². The Bertz CT molecular complexity index is 2480. The van der Waals surface area contributed by atoms with Gasteiger partial charge in [0.15, 0.2) is 0 Å². The molecule has 1 aromatic carbocycles. The van der Waals surface area contributed by atoms with Crippen molar-refractivity contribution in [3.8, 4) is 11.4 Å². The third-order valence-corrected chi connectivity index (χ3v) is 12.5. The quantitative estimate of drug-likeness (QED) is 0.0133. The first-order valence-corrected chi connectivity index (χ1v) is 25.5. The predicted molar refractivity (Wildman–Crippen MR) is 265 cm³/mol. The molecule has 0 bridgehead atoms. The summed E-state index contributed by atoms with van der Waals surface area (Å²) in [5.74, 6) is -2.88. The van der Waals surface area contributed by atoms with Crippen LogP contribution in [0, 0.1) is 12.7 Å². The number of rotatable bonds is 23. The van der Waals surface area contributed by atoms with E-state index in [2.05, 4.69) is 45.8 Å². The van der Waals surface area contributed by atoms with Gasteiger partial charge in [0.1, 0.15) is 18.4 Å². The minimum absolute atomic E-state index is 0.0227. The zero-order chi connectivity index (χ0) is 53.2. The van der Waals surface area contributed by atoms with Crippen LogP contribution in [0.15, 0.2) is 41.4 Å². The van der Waals surface area contributed by atoms with E-state index in [1.54, 1.807) is 18.5 Å². The number of likely N-dealkylation sites (N-methyl/N-ethyl adjacent to an activating group) is 1. The van der Waals surface area contributed by atoms with Crippen molar-refractivity contribution in [3.05, 3.63) is 86.1 Å². The van der Waals surface area contributed by atoms with Gasteiger partial charge in [-0.15, -0.1) is 0 Å². The van der Waals surface area contributed by atoms with Crippen LogP contribution in [-0.2, 0) is 67.4 Å². The van der Waals surface area contributed by atoms with Gasteiger partial charge in [-0.2, -0.15) is 0 Å². The SMILES string of the molecule is C=C(/C=C\C=O)N(C)CC(=O)NCC(=O)NCC(N)=O.CCC(C=O)c1cc2n(c(=O)c1COC)Cc1c-2nc2cc(F)c(C)c3c2c1C(NC(=O)COCNC(=O)CC[CH2][Pb])CC3.CCNC.NC=O. The van der Waals surface area contributed by atoms with Crippen LogP contribution in [0.25, 0.3) is 22.3 Å². The van der Waals surface area contributed by atoms with Crippen LogP contribution in [0.1, 0.15) is 84.9 Å². The van der Waals surface area contributed by atoms with Gasteiger partial charge in [-0.3, -0.25) is 28.8 Å². The Morgan fingerprint density at radius 3 is 2.32 bits per heavy atom. The van der Waals surface area contributed by atoms with Crippen LogP contribution in [0.2, 0.25) is 3.98 Å². The molecule has 385 valence electrons. The number of nitrogens with one attached hydrogen (secondary N) is 5. The van der Waals surface area contributed by atoms with Gasteiger partial charge in [0.25, 0.3) is 5.56 Å². The fraction of sp³-hybridized carbons (Fsp3) is 0.458. The molecule has 2 aliphatic rings. The number of carbonyl (C=O) groups excluding carboxylic acids is 8. The van der Waals surface area contributed by atoms with Crippen molar-refractivity contribution >= 4 is 85.2 Å². The minimum Gasteiger partial charge on any atom is -0.372 e. The molecule has 21 nitrogen and oxygen atoms in total. The van der Waals surface area contributed by atoms with E-state index in [1.165, 1.54) is 30.2 Å². The Hall–Kier alpha value is -6.25. The molecule has 3 aromatic rings. The number of hydrogen-bond acceptors (Lipinski definition) is 14. The molecule has 2 atom stereocenters. The molecule has 3 heterocycles. The number of amides is 6. The summed E-state index contributed by atoms with van der Waals surface area (Å²) in [5.41, 5.74) is 14.8. The summed E-state index contributed by atoms with van der Waals surface area (Å²) >= 11 is 1.05. The second kappa shape index (κ2) is 31.9. The molecule has 71 heavy (non-hydrogen) atoms. The molecule has 0 fully saturated rings. The van der Waals surface area contributed by atoms with Gasteiger partial charge >= 0.3 is 111 Å². The number of nitrogens with zero attached hydrogens (tertiary/aromatic N) is 3. The number of pyridine rings is 2. The van der Waals surface area contributed by atoms with Crippen molar-refractivity contribution in [3.63, 3.8) is 0 Å². The fourth-order valence-corrected chi connectivity index (χ4v) is 8.13. The Balaban J connectivity index is 0.000000534. The topological polar surface area (TPSA) is 305 Å². The molecule has 3 radical (unpaired) electrons. The van der Waals surface area contributed by atoms with E-state index in [1.807, 2.05) is 20.0 Å². The number of methoxy groups -OCH3 is 1. The molecular formula is C48H66FN10O11Pb. The number of hydrogen-bond donors (Lipinski definition) is 7. The number of aryl methyl sites for hydroxylation is 1. The molecule has 2 unspecified atom stereocenters. The van der Waals surface area contributed by atoms with Gasteiger partial charge in [-0.05, 0) is 68.3 Å². The second-order valence-corrected chi connectivity index (χ2v) is 17.9. The van der Waals surface area contributed by atoms with Crippen molar-refractivity contribution in [2.24, 2.45) is 11.5 Å². The number of fused-ring (bicyclic) bond motifs is 4. The van der Waals surface area contributed by atoms with Crippen molar-refractivity contribution in [1.29, 1.82) is 0 Å². The molecular weight excluding hydrogens is 1120 g/mol. The first-order valence-electron chi connectivity index (χ1n) is 22.7. The number of carbonyl (C=O) groups is 8. The number of aldehydes is 2. The standard InChI is InChI=1S/C32H36FN4O6.C12H18N4O4.C3H9N.CH3NO.Pb/c1-5-7-27(39)34-16-43-15-28(40)35-24-9-8-19-17(3)23(33)11-25-29(19)30(24)21-12-37-26(31(21)36-25)10-20(18(6-2)13-38)22(14-42-4)32(37)41;1-9(4-3-5-17)16(2)8-12(20)15-7-11(19)14-6-10(13)18;1-3-4-2;2-1-3;/h10-11,13,18,24H,1,5-9,12,14-16H2,2-4H3,(H,34,39)(H,35,40);3-5H,1,6-8H2,2H3,(H2,13,18)(H,14,19)(H,15,20);4H,3H2,1-2H3;1H,(H2,2,3);/b;4-3-;;;. The molecule has 0 saturated carbocycles. The molecule has 5 rings (SSSR count). The number of aromatic nitrogens is 2.